The number of aryl methyl sites for hydroxylation is 2. The highest BCUT2D eigenvalue weighted by molar-refractivity contribution is 5.25. The smallest absolute Gasteiger partial charge is 0.0648 e. The Labute approximate surface area is 125 Å². The van der Waals surface area contributed by atoms with Crippen LogP contribution in [0.4, 0.5) is 0 Å². The first-order valence-electron chi connectivity index (χ1n) is 7.36. The molecule has 2 unspecified atom stereocenters. The number of nitrogens with two attached hydrogens (primary N) is 1. The van der Waals surface area contributed by atoms with E-state index >= 15 is 0 Å². The summed E-state index contributed by atoms with van der Waals surface area (Å²) in [5.74, 6) is 5.73. The van der Waals surface area contributed by atoms with E-state index in [9.17, 15) is 0 Å². The molecule has 0 radical (unpaired) electrons. The highest BCUT2D eigenvalue weighted by atomic mass is 15.3. The Morgan fingerprint density at radius 3 is 2.76 bits per heavy atom. The van der Waals surface area contributed by atoms with Gasteiger partial charge < -0.3 is 0 Å². The summed E-state index contributed by atoms with van der Waals surface area (Å²) in [6, 6.07) is 4.47. The van der Waals surface area contributed by atoms with E-state index in [2.05, 4.69) is 34.6 Å². The zero-order chi connectivity index (χ0) is 15.4. The minimum Gasteiger partial charge on any atom is -0.271 e. The minimum absolute atomic E-state index is 0.0144. The maximum atomic E-state index is 5.73. The maximum Gasteiger partial charge on any atom is 0.0648 e. The minimum atomic E-state index is -0.0144. The van der Waals surface area contributed by atoms with Crippen molar-refractivity contribution in [1.29, 1.82) is 0 Å². The molecule has 3 N–H and O–H groups in total. The monoisotopic (exact) mass is 288 g/mol. The van der Waals surface area contributed by atoms with Gasteiger partial charge in [-0.25, -0.2) is 0 Å². The van der Waals surface area contributed by atoms with Gasteiger partial charge in [-0.05, 0) is 44.9 Å². The van der Waals surface area contributed by atoms with Crippen molar-refractivity contribution >= 4 is 0 Å². The molecule has 0 saturated heterocycles. The molecule has 2 aromatic heterocycles. The lowest BCUT2D eigenvalue weighted by atomic mass is 10.0. The van der Waals surface area contributed by atoms with Crippen molar-refractivity contribution in [3.05, 3.63) is 41.0 Å². The van der Waals surface area contributed by atoms with Gasteiger partial charge in [0.1, 0.15) is 0 Å². The molecule has 2 atom stereocenters. The van der Waals surface area contributed by atoms with Gasteiger partial charge in [-0.15, -0.1) is 0 Å². The molecule has 0 saturated carbocycles. The van der Waals surface area contributed by atoms with Crippen molar-refractivity contribution in [2.45, 2.75) is 52.6 Å². The third-order valence-corrected chi connectivity index (χ3v) is 3.84. The highest BCUT2D eigenvalue weighted by Gasteiger charge is 2.16. The molecule has 0 amide bonds. The highest BCUT2D eigenvalue weighted by Crippen LogP contribution is 2.20. The lowest BCUT2D eigenvalue weighted by Crippen LogP contribution is -2.30. The second-order valence-corrected chi connectivity index (χ2v) is 5.49. The average molecular weight is 288 g/mol. The normalized spacial score (nSPS) is 14.1. The Kier molecular flexibility index (Phi) is 5.03. The Morgan fingerprint density at radius 2 is 2.10 bits per heavy atom. The first kappa shape index (κ1) is 15.6. The van der Waals surface area contributed by atoms with E-state index in [-0.39, 0.29) is 6.04 Å². The zero-order valence-corrected chi connectivity index (χ0v) is 13.2. The standard InChI is InChI=1S/C15H24N6/c1-5-11(3)21-7-6-13(20-21)9-15(17-16)14-8-10(2)18-19-12(14)4/h6-8,11,15,17H,5,9,16H2,1-4H3. The number of rotatable bonds is 6. The van der Waals surface area contributed by atoms with Gasteiger partial charge in [0.25, 0.3) is 0 Å². The van der Waals surface area contributed by atoms with Gasteiger partial charge >= 0.3 is 0 Å². The average Bonchev–Trinajstić information content (AvgIpc) is 2.95. The van der Waals surface area contributed by atoms with Crippen LogP contribution in [0.1, 0.15) is 55.0 Å². The van der Waals surface area contributed by atoms with Gasteiger partial charge in [-0.1, -0.05) is 6.92 Å². The Bertz CT molecular complexity index is 592. The maximum absolute atomic E-state index is 5.73. The molecule has 0 bridgehead atoms. The van der Waals surface area contributed by atoms with E-state index in [1.54, 1.807) is 0 Å². The molecule has 0 spiro atoms. The second kappa shape index (κ2) is 6.78. The molecule has 6 nitrogen and oxygen atoms in total. The van der Waals surface area contributed by atoms with E-state index in [0.29, 0.717) is 6.04 Å². The number of hydrazine groups is 1. The SMILES string of the molecule is CCC(C)n1ccc(CC(NN)c2cc(C)nnc2C)n1. The van der Waals surface area contributed by atoms with Crippen LogP contribution in [-0.4, -0.2) is 20.0 Å². The van der Waals surface area contributed by atoms with Crippen LogP contribution in [0.5, 0.6) is 0 Å². The van der Waals surface area contributed by atoms with Gasteiger partial charge in [0.05, 0.1) is 23.1 Å². The summed E-state index contributed by atoms with van der Waals surface area (Å²) in [6.45, 7) is 8.20. The number of nitrogens with zero attached hydrogens (tertiary/aromatic N) is 4. The fourth-order valence-corrected chi connectivity index (χ4v) is 2.31. The largest absolute Gasteiger partial charge is 0.271 e. The van der Waals surface area contributed by atoms with Crippen LogP contribution in [-0.2, 0) is 6.42 Å². The van der Waals surface area contributed by atoms with Crippen LogP contribution in [0, 0.1) is 13.8 Å². The predicted molar refractivity (Wildman–Crippen MR) is 82.5 cm³/mol. The van der Waals surface area contributed by atoms with E-state index in [4.69, 9.17) is 5.84 Å². The Morgan fingerprint density at radius 1 is 1.33 bits per heavy atom. The number of aromatic nitrogens is 4. The molecule has 0 aliphatic heterocycles. The van der Waals surface area contributed by atoms with Crippen LogP contribution in [0.3, 0.4) is 0 Å². The van der Waals surface area contributed by atoms with Crippen molar-refractivity contribution in [2.24, 2.45) is 5.84 Å². The van der Waals surface area contributed by atoms with Crippen molar-refractivity contribution < 1.29 is 0 Å². The van der Waals surface area contributed by atoms with E-state index < -0.39 is 0 Å². The van der Waals surface area contributed by atoms with Gasteiger partial charge in [0.15, 0.2) is 0 Å². The molecule has 0 aliphatic carbocycles. The summed E-state index contributed by atoms with van der Waals surface area (Å²) in [7, 11) is 0. The van der Waals surface area contributed by atoms with Crippen LogP contribution in [0.15, 0.2) is 18.3 Å². The van der Waals surface area contributed by atoms with E-state index in [1.807, 2.05) is 36.9 Å². The Balaban J connectivity index is 2.19. The quantitative estimate of drug-likeness (QED) is 0.627. The summed E-state index contributed by atoms with van der Waals surface area (Å²) in [5, 5.41) is 12.9. The van der Waals surface area contributed by atoms with Crippen molar-refractivity contribution in [1.82, 2.24) is 25.4 Å². The molecule has 21 heavy (non-hydrogen) atoms. The predicted octanol–water partition coefficient (Wildman–Crippen LogP) is 2.01. The summed E-state index contributed by atoms with van der Waals surface area (Å²) >= 11 is 0. The first-order valence-corrected chi connectivity index (χ1v) is 7.36. The van der Waals surface area contributed by atoms with Crippen LogP contribution >= 0.6 is 0 Å². The van der Waals surface area contributed by atoms with E-state index in [0.717, 1.165) is 35.5 Å². The van der Waals surface area contributed by atoms with Crippen LogP contribution in [0.25, 0.3) is 0 Å². The lowest BCUT2D eigenvalue weighted by Gasteiger charge is -2.17. The first-order chi connectivity index (χ1) is 10.0. The molecule has 6 heteroatoms. The molecule has 0 fully saturated rings. The van der Waals surface area contributed by atoms with Gasteiger partial charge in [-0.3, -0.25) is 16.0 Å². The summed E-state index contributed by atoms with van der Waals surface area (Å²) in [5.41, 5.74) is 6.75. The summed E-state index contributed by atoms with van der Waals surface area (Å²) < 4.78 is 2.01. The number of hydrogen-bond acceptors (Lipinski definition) is 5. The summed E-state index contributed by atoms with van der Waals surface area (Å²) in [4.78, 5) is 0. The van der Waals surface area contributed by atoms with Gasteiger partial charge in [0, 0.05) is 18.7 Å². The second-order valence-electron chi connectivity index (χ2n) is 5.49. The van der Waals surface area contributed by atoms with Crippen LogP contribution in [0.2, 0.25) is 0 Å². The molecule has 114 valence electrons. The third-order valence-electron chi connectivity index (χ3n) is 3.84. The molecule has 2 aromatic rings. The Hall–Kier alpha value is -1.79. The van der Waals surface area contributed by atoms with Crippen molar-refractivity contribution in [2.75, 3.05) is 0 Å². The van der Waals surface area contributed by atoms with Gasteiger partial charge in [0.2, 0.25) is 0 Å². The van der Waals surface area contributed by atoms with Crippen molar-refractivity contribution in [3.63, 3.8) is 0 Å². The third kappa shape index (κ3) is 3.65. The fraction of sp³-hybridized carbons (Fsp3) is 0.533. The van der Waals surface area contributed by atoms with E-state index in [1.165, 1.54) is 0 Å². The van der Waals surface area contributed by atoms with Crippen LogP contribution < -0.4 is 11.3 Å². The molecule has 0 aliphatic rings. The molecule has 0 aromatic carbocycles. The fourth-order valence-electron chi connectivity index (χ4n) is 2.31. The topological polar surface area (TPSA) is 81.7 Å². The van der Waals surface area contributed by atoms with Gasteiger partial charge in [-0.2, -0.15) is 15.3 Å². The molecule has 2 rings (SSSR count). The molecular weight excluding hydrogens is 264 g/mol. The van der Waals surface area contributed by atoms with Crippen molar-refractivity contribution in [3.8, 4) is 0 Å². The number of hydrogen-bond donors (Lipinski definition) is 2. The zero-order valence-electron chi connectivity index (χ0n) is 13.2. The summed E-state index contributed by atoms with van der Waals surface area (Å²) in [6.07, 6.45) is 3.82. The molecule has 2 heterocycles. The number of nitrogens with one attached hydrogen (secondary N) is 1. The lowest BCUT2D eigenvalue weighted by molar-refractivity contribution is 0.466. The molecular formula is C15H24N6.